The third kappa shape index (κ3) is 4.57. The van der Waals surface area contributed by atoms with Crippen LogP contribution in [0.1, 0.15) is 13.8 Å². The van der Waals surface area contributed by atoms with E-state index in [0.717, 1.165) is 12.3 Å². The van der Waals surface area contributed by atoms with Gasteiger partial charge in [0.1, 0.15) is 6.10 Å². The van der Waals surface area contributed by atoms with Crippen molar-refractivity contribution in [1.29, 1.82) is 0 Å². The number of carboxylic acid groups (broad SMARTS) is 1. The largest absolute Gasteiger partial charge is 0.478 e. The van der Waals surface area contributed by atoms with E-state index >= 15 is 0 Å². The van der Waals surface area contributed by atoms with Crippen LogP contribution < -0.4 is 5.32 Å². The molecule has 0 aliphatic rings. The first-order valence-electron chi connectivity index (χ1n) is 4.30. The highest BCUT2D eigenvalue weighted by atomic mass is 16.4. The van der Waals surface area contributed by atoms with Crippen LogP contribution in [0.2, 0.25) is 0 Å². The van der Waals surface area contributed by atoms with Crippen molar-refractivity contribution >= 4 is 11.9 Å². The van der Waals surface area contributed by atoms with Gasteiger partial charge in [-0.3, -0.25) is 4.79 Å². The Bertz CT molecular complexity index is 272. The molecule has 0 spiro atoms. The number of carbonyl (C=O) groups excluding carboxylic acids is 1. The third-order valence-electron chi connectivity index (χ3n) is 1.85. The lowest BCUT2D eigenvalue weighted by atomic mass is 9.87. The summed E-state index contributed by atoms with van der Waals surface area (Å²) in [5.41, 5.74) is -0.971. The van der Waals surface area contributed by atoms with Crippen LogP contribution in [-0.2, 0) is 9.59 Å². The second kappa shape index (κ2) is 5.47. The van der Waals surface area contributed by atoms with Crippen LogP contribution in [0, 0.1) is 5.41 Å². The Morgan fingerprint density at radius 2 is 2.00 bits per heavy atom. The van der Waals surface area contributed by atoms with Crippen molar-refractivity contribution in [3.05, 3.63) is 12.3 Å². The molecule has 15 heavy (non-hydrogen) atoms. The molecule has 0 unspecified atom stereocenters. The van der Waals surface area contributed by atoms with Crippen LogP contribution in [0.3, 0.4) is 0 Å². The Balaban J connectivity index is 4.28. The number of nitrogens with one attached hydrogen (secondary N) is 1. The van der Waals surface area contributed by atoms with Gasteiger partial charge in [0.15, 0.2) is 0 Å². The van der Waals surface area contributed by atoms with E-state index in [1.165, 1.54) is 13.8 Å². The number of aliphatic hydroxyl groups is 2. The molecule has 1 amide bonds. The molecular formula is C9H15NO5. The van der Waals surface area contributed by atoms with Gasteiger partial charge >= 0.3 is 5.97 Å². The van der Waals surface area contributed by atoms with Crippen molar-refractivity contribution < 1.29 is 24.9 Å². The second-order valence-electron chi connectivity index (χ2n) is 3.73. The Morgan fingerprint density at radius 1 is 1.47 bits per heavy atom. The Hall–Kier alpha value is -1.40. The summed E-state index contributed by atoms with van der Waals surface area (Å²) in [6.45, 7) is 2.67. The maximum Gasteiger partial charge on any atom is 0.329 e. The van der Waals surface area contributed by atoms with Gasteiger partial charge in [0, 0.05) is 17.7 Å². The van der Waals surface area contributed by atoms with Gasteiger partial charge in [-0.2, -0.15) is 0 Å². The lowest BCUT2D eigenvalue weighted by Crippen LogP contribution is -2.44. The Morgan fingerprint density at radius 3 is 2.40 bits per heavy atom. The normalized spacial score (nSPS) is 13.9. The van der Waals surface area contributed by atoms with Crippen LogP contribution in [0.25, 0.3) is 0 Å². The van der Waals surface area contributed by atoms with Crippen LogP contribution in [0.4, 0.5) is 0 Å². The molecular weight excluding hydrogens is 202 g/mol. The standard InChI is InChI=1S/C9H15NO5/c1-9(2,5-11)7(14)8(15)10-4-3-6(12)13/h3-4,7,11,14H,5H2,1-2H3,(H,10,15)(H,12,13)/b4-3-/t7-/m0/s1. The van der Waals surface area contributed by atoms with Crippen molar-refractivity contribution in [1.82, 2.24) is 5.32 Å². The Labute approximate surface area is 87.2 Å². The zero-order chi connectivity index (χ0) is 12.1. The highest BCUT2D eigenvalue weighted by molar-refractivity contribution is 5.84. The van der Waals surface area contributed by atoms with Crippen LogP contribution in [0.15, 0.2) is 12.3 Å². The number of aliphatic hydroxyl groups excluding tert-OH is 2. The van der Waals surface area contributed by atoms with E-state index in [0.29, 0.717) is 0 Å². The molecule has 0 aromatic heterocycles. The smallest absolute Gasteiger partial charge is 0.329 e. The quantitative estimate of drug-likeness (QED) is 0.445. The minimum Gasteiger partial charge on any atom is -0.478 e. The van der Waals surface area contributed by atoms with Gasteiger partial charge in [0.2, 0.25) is 0 Å². The fraction of sp³-hybridized carbons (Fsp3) is 0.556. The predicted octanol–water partition coefficient (Wildman–Crippen LogP) is -0.920. The Kier molecular flexibility index (Phi) is 4.96. The maximum atomic E-state index is 11.2. The van der Waals surface area contributed by atoms with Gasteiger partial charge in [0.05, 0.1) is 6.61 Å². The predicted molar refractivity (Wildman–Crippen MR) is 51.8 cm³/mol. The van der Waals surface area contributed by atoms with E-state index in [4.69, 9.17) is 10.2 Å². The lowest BCUT2D eigenvalue weighted by molar-refractivity contribution is -0.136. The van der Waals surface area contributed by atoms with Crippen LogP contribution in [0.5, 0.6) is 0 Å². The number of carboxylic acids is 1. The molecule has 0 rings (SSSR count). The lowest BCUT2D eigenvalue weighted by Gasteiger charge is -2.26. The summed E-state index contributed by atoms with van der Waals surface area (Å²) in [6, 6.07) is 0. The number of hydrogen-bond acceptors (Lipinski definition) is 4. The number of aliphatic carboxylic acids is 1. The molecule has 0 saturated carbocycles. The fourth-order valence-electron chi connectivity index (χ4n) is 0.715. The summed E-state index contributed by atoms with van der Waals surface area (Å²) in [5, 5.41) is 28.7. The van der Waals surface area contributed by atoms with E-state index in [-0.39, 0.29) is 6.61 Å². The zero-order valence-electron chi connectivity index (χ0n) is 8.60. The highest BCUT2D eigenvalue weighted by Gasteiger charge is 2.32. The summed E-state index contributed by atoms with van der Waals surface area (Å²) < 4.78 is 0. The first-order chi connectivity index (χ1) is 6.81. The van der Waals surface area contributed by atoms with Crippen molar-refractivity contribution in [2.75, 3.05) is 6.61 Å². The molecule has 6 heteroatoms. The molecule has 0 radical (unpaired) electrons. The molecule has 0 aromatic rings. The van der Waals surface area contributed by atoms with E-state index in [1.807, 2.05) is 0 Å². The molecule has 0 saturated heterocycles. The van der Waals surface area contributed by atoms with Crippen molar-refractivity contribution in [3.63, 3.8) is 0 Å². The molecule has 0 aromatic carbocycles. The van der Waals surface area contributed by atoms with Gasteiger partial charge in [0.25, 0.3) is 5.91 Å². The van der Waals surface area contributed by atoms with Gasteiger partial charge < -0.3 is 20.6 Å². The third-order valence-corrected chi connectivity index (χ3v) is 1.85. The van der Waals surface area contributed by atoms with Gasteiger partial charge in [-0.25, -0.2) is 4.79 Å². The van der Waals surface area contributed by atoms with Gasteiger partial charge in [-0.1, -0.05) is 13.8 Å². The first kappa shape index (κ1) is 13.6. The molecule has 0 bridgehead atoms. The van der Waals surface area contributed by atoms with E-state index in [1.54, 1.807) is 0 Å². The van der Waals surface area contributed by atoms with Crippen LogP contribution >= 0.6 is 0 Å². The maximum absolute atomic E-state index is 11.2. The molecule has 1 atom stereocenters. The average Bonchev–Trinajstić information content (AvgIpc) is 2.15. The number of rotatable bonds is 5. The molecule has 0 heterocycles. The summed E-state index contributed by atoms with van der Waals surface area (Å²) in [6.07, 6.45) is 0.249. The van der Waals surface area contributed by atoms with Crippen molar-refractivity contribution in [2.24, 2.45) is 5.41 Å². The van der Waals surface area contributed by atoms with Crippen LogP contribution in [-0.4, -0.2) is 39.9 Å². The summed E-state index contributed by atoms with van der Waals surface area (Å²) in [5.74, 6) is -1.96. The monoisotopic (exact) mass is 217 g/mol. The highest BCUT2D eigenvalue weighted by Crippen LogP contribution is 2.19. The molecule has 0 aliphatic heterocycles. The van der Waals surface area contributed by atoms with E-state index < -0.39 is 23.4 Å². The van der Waals surface area contributed by atoms with Crippen molar-refractivity contribution in [2.45, 2.75) is 20.0 Å². The van der Waals surface area contributed by atoms with E-state index in [9.17, 15) is 14.7 Å². The summed E-state index contributed by atoms with van der Waals surface area (Å²) in [4.78, 5) is 21.3. The SMILES string of the molecule is CC(C)(CO)[C@@H](O)C(=O)N/C=C\C(=O)O. The topological polar surface area (TPSA) is 107 Å². The minimum atomic E-state index is -1.40. The second-order valence-corrected chi connectivity index (χ2v) is 3.73. The molecule has 4 N–H and O–H groups in total. The number of hydrogen-bond donors (Lipinski definition) is 4. The molecule has 0 fully saturated rings. The van der Waals surface area contributed by atoms with E-state index in [2.05, 4.69) is 5.32 Å². The molecule has 86 valence electrons. The van der Waals surface area contributed by atoms with Gasteiger partial charge in [-0.15, -0.1) is 0 Å². The number of carbonyl (C=O) groups is 2. The fourth-order valence-corrected chi connectivity index (χ4v) is 0.715. The summed E-state index contributed by atoms with van der Waals surface area (Å²) >= 11 is 0. The number of amides is 1. The zero-order valence-corrected chi connectivity index (χ0v) is 8.60. The summed E-state index contributed by atoms with van der Waals surface area (Å²) in [7, 11) is 0. The van der Waals surface area contributed by atoms with Gasteiger partial charge in [-0.05, 0) is 0 Å². The molecule has 6 nitrogen and oxygen atoms in total. The minimum absolute atomic E-state index is 0.357. The van der Waals surface area contributed by atoms with Crippen molar-refractivity contribution in [3.8, 4) is 0 Å². The first-order valence-corrected chi connectivity index (χ1v) is 4.30. The molecule has 0 aliphatic carbocycles. The average molecular weight is 217 g/mol.